The molecule has 1 aliphatic carbocycles. The van der Waals surface area contributed by atoms with Crippen molar-refractivity contribution >= 4 is 35.8 Å². The first-order valence-electron chi connectivity index (χ1n) is 11.1. The maximum absolute atomic E-state index is 13.4. The van der Waals surface area contributed by atoms with Gasteiger partial charge in [0.05, 0.1) is 6.54 Å². The summed E-state index contributed by atoms with van der Waals surface area (Å²) < 4.78 is 13.4. The van der Waals surface area contributed by atoms with Crippen molar-refractivity contribution in [2.24, 2.45) is 10.9 Å². The molecule has 1 aromatic rings. The van der Waals surface area contributed by atoms with Crippen LogP contribution in [-0.2, 0) is 10.2 Å². The Kier molecular flexibility index (Phi) is 9.84. The van der Waals surface area contributed by atoms with E-state index in [2.05, 4.69) is 22.5 Å². The number of benzene rings is 1. The second-order valence-electron chi connectivity index (χ2n) is 8.47. The number of halogens is 2. The van der Waals surface area contributed by atoms with E-state index < -0.39 is 0 Å². The lowest BCUT2D eigenvalue weighted by molar-refractivity contribution is -0.121. The van der Waals surface area contributed by atoms with Gasteiger partial charge in [-0.2, -0.15) is 0 Å². The quantitative estimate of drug-likeness (QED) is 0.331. The number of rotatable bonds is 6. The monoisotopic (exact) mass is 530 g/mol. The molecular formula is C23H36FIN4O. The number of guanidine groups is 1. The molecule has 30 heavy (non-hydrogen) atoms. The Morgan fingerprint density at radius 3 is 2.40 bits per heavy atom. The minimum Gasteiger partial charge on any atom is -0.359 e. The lowest BCUT2D eigenvalue weighted by atomic mass is 9.79. The summed E-state index contributed by atoms with van der Waals surface area (Å²) in [6.45, 7) is 5.52. The largest absolute Gasteiger partial charge is 0.359 e. The van der Waals surface area contributed by atoms with E-state index >= 15 is 0 Å². The minimum absolute atomic E-state index is 0. The number of amides is 1. The van der Waals surface area contributed by atoms with Gasteiger partial charge >= 0.3 is 0 Å². The first-order valence-corrected chi connectivity index (χ1v) is 11.1. The van der Waals surface area contributed by atoms with Crippen LogP contribution in [0.25, 0.3) is 0 Å². The Morgan fingerprint density at radius 1 is 1.20 bits per heavy atom. The molecule has 0 radical (unpaired) electrons. The smallest absolute Gasteiger partial charge is 0.220 e. The fourth-order valence-electron chi connectivity index (χ4n) is 4.76. The number of aliphatic imine (C=N–C) groups is 1. The Morgan fingerprint density at radius 2 is 1.83 bits per heavy atom. The molecule has 1 saturated carbocycles. The summed E-state index contributed by atoms with van der Waals surface area (Å²) in [7, 11) is 1.70. The Labute approximate surface area is 197 Å². The van der Waals surface area contributed by atoms with Crippen molar-refractivity contribution in [2.75, 3.05) is 33.2 Å². The number of hydrogen-bond acceptors (Lipinski definition) is 2. The average Bonchev–Trinajstić information content (AvgIpc) is 3.22. The molecule has 2 fully saturated rings. The maximum Gasteiger partial charge on any atom is 0.220 e. The van der Waals surface area contributed by atoms with Crippen molar-refractivity contribution < 1.29 is 9.18 Å². The van der Waals surface area contributed by atoms with E-state index in [1.165, 1.54) is 18.4 Å². The van der Waals surface area contributed by atoms with Gasteiger partial charge in [-0.15, -0.1) is 24.0 Å². The van der Waals surface area contributed by atoms with Crippen molar-refractivity contribution in [1.29, 1.82) is 0 Å². The van der Waals surface area contributed by atoms with E-state index in [0.717, 1.165) is 57.8 Å². The highest BCUT2D eigenvalue weighted by Gasteiger charge is 2.36. The van der Waals surface area contributed by atoms with E-state index in [1.807, 2.05) is 12.1 Å². The van der Waals surface area contributed by atoms with E-state index in [-0.39, 0.29) is 41.1 Å². The third kappa shape index (κ3) is 6.31. The summed E-state index contributed by atoms with van der Waals surface area (Å²) in [4.78, 5) is 19.0. The molecule has 7 heteroatoms. The first-order chi connectivity index (χ1) is 14.1. The van der Waals surface area contributed by atoms with Crippen LogP contribution in [0.3, 0.4) is 0 Å². The number of carbonyl (C=O) groups is 1. The zero-order chi connectivity index (χ0) is 20.7. The van der Waals surface area contributed by atoms with Gasteiger partial charge in [0.25, 0.3) is 0 Å². The number of nitrogens with zero attached hydrogens (tertiary/aromatic N) is 2. The molecule has 1 heterocycles. The Balaban J connectivity index is 0.00000320. The number of likely N-dealkylation sites (tertiary alicyclic amines) is 1. The van der Waals surface area contributed by atoms with Crippen molar-refractivity contribution in [1.82, 2.24) is 15.5 Å². The van der Waals surface area contributed by atoms with E-state index in [4.69, 9.17) is 4.99 Å². The van der Waals surface area contributed by atoms with Gasteiger partial charge in [0.15, 0.2) is 5.96 Å². The second kappa shape index (κ2) is 11.9. The lowest BCUT2D eigenvalue weighted by Gasteiger charge is -2.35. The van der Waals surface area contributed by atoms with Gasteiger partial charge in [-0.05, 0) is 56.2 Å². The molecular weight excluding hydrogens is 494 g/mol. The average molecular weight is 530 g/mol. The molecule has 5 nitrogen and oxygen atoms in total. The fraction of sp³-hybridized carbons (Fsp3) is 0.652. The molecule has 0 bridgehead atoms. The van der Waals surface area contributed by atoms with E-state index in [1.54, 1.807) is 19.2 Å². The molecule has 2 aliphatic rings. The topological polar surface area (TPSA) is 56.7 Å². The third-order valence-electron chi connectivity index (χ3n) is 6.55. The van der Waals surface area contributed by atoms with Crippen LogP contribution < -0.4 is 10.6 Å². The van der Waals surface area contributed by atoms with Crippen LogP contribution >= 0.6 is 24.0 Å². The molecule has 1 amide bonds. The Hall–Kier alpha value is -1.38. The Bertz CT molecular complexity index is 696. The van der Waals surface area contributed by atoms with E-state index in [9.17, 15) is 9.18 Å². The lowest BCUT2D eigenvalue weighted by Crippen LogP contribution is -2.46. The molecule has 0 aromatic heterocycles. The van der Waals surface area contributed by atoms with Crippen LogP contribution in [0.5, 0.6) is 0 Å². The third-order valence-corrected chi connectivity index (χ3v) is 6.55. The summed E-state index contributed by atoms with van der Waals surface area (Å²) >= 11 is 0. The second-order valence-corrected chi connectivity index (χ2v) is 8.47. The zero-order valence-electron chi connectivity index (χ0n) is 18.3. The summed E-state index contributed by atoms with van der Waals surface area (Å²) in [6.07, 6.45) is 7.27. The molecule has 1 aromatic carbocycles. The molecule has 0 spiro atoms. The summed E-state index contributed by atoms with van der Waals surface area (Å²) in [5.74, 6) is 1.37. The van der Waals surface area contributed by atoms with Crippen LogP contribution in [0.1, 0.15) is 57.4 Å². The highest BCUT2D eigenvalue weighted by Crippen LogP contribution is 2.41. The van der Waals surface area contributed by atoms with Gasteiger partial charge in [-0.25, -0.2) is 4.39 Å². The van der Waals surface area contributed by atoms with Crippen molar-refractivity contribution in [3.05, 3.63) is 35.6 Å². The highest BCUT2D eigenvalue weighted by molar-refractivity contribution is 14.0. The van der Waals surface area contributed by atoms with Gasteiger partial charge in [0, 0.05) is 38.5 Å². The molecule has 1 saturated heterocycles. The SMILES string of the molecule is CCNC(=NCC1(c2ccc(F)cc2)CCCC1)N1CCC(CC(=O)NC)CC1.I. The molecule has 1 aliphatic heterocycles. The highest BCUT2D eigenvalue weighted by atomic mass is 127. The molecule has 3 rings (SSSR count). The number of hydrogen-bond donors (Lipinski definition) is 2. The minimum atomic E-state index is -0.182. The number of nitrogens with one attached hydrogen (secondary N) is 2. The molecule has 168 valence electrons. The van der Waals surface area contributed by atoms with Crippen LogP contribution in [0.4, 0.5) is 4.39 Å². The van der Waals surface area contributed by atoms with Crippen molar-refractivity contribution in [3.63, 3.8) is 0 Å². The van der Waals surface area contributed by atoms with E-state index in [0.29, 0.717) is 12.3 Å². The van der Waals surface area contributed by atoms with Crippen LogP contribution in [0.15, 0.2) is 29.3 Å². The van der Waals surface area contributed by atoms with Crippen molar-refractivity contribution in [3.8, 4) is 0 Å². The molecule has 2 N–H and O–H groups in total. The predicted molar refractivity (Wildman–Crippen MR) is 131 cm³/mol. The zero-order valence-corrected chi connectivity index (χ0v) is 20.6. The number of piperidine rings is 1. The van der Waals surface area contributed by atoms with Gasteiger partial charge in [0.2, 0.25) is 5.91 Å². The summed E-state index contributed by atoms with van der Waals surface area (Å²) in [6, 6.07) is 7.02. The van der Waals surface area contributed by atoms with Crippen LogP contribution in [0, 0.1) is 11.7 Å². The van der Waals surface area contributed by atoms with Crippen LogP contribution in [-0.4, -0.2) is 50.0 Å². The summed E-state index contributed by atoms with van der Waals surface area (Å²) in [5, 5.41) is 6.19. The number of carbonyl (C=O) groups excluding carboxylic acids is 1. The first kappa shape index (κ1) is 24.9. The van der Waals surface area contributed by atoms with Gasteiger partial charge in [-0.3, -0.25) is 9.79 Å². The molecule has 0 unspecified atom stereocenters. The maximum atomic E-state index is 13.4. The molecule has 0 atom stereocenters. The fourth-order valence-corrected chi connectivity index (χ4v) is 4.76. The predicted octanol–water partition coefficient (Wildman–Crippen LogP) is 4.07. The van der Waals surface area contributed by atoms with Gasteiger partial charge < -0.3 is 15.5 Å². The normalized spacial score (nSPS) is 19.3. The standard InChI is InChI=1S/C23H35FN4O.HI/c1-3-26-22(28-14-10-18(11-15-28)16-21(29)25-2)27-17-23(12-4-5-13-23)19-6-8-20(24)9-7-19;/h6-9,18H,3-5,10-17H2,1-2H3,(H,25,29)(H,26,27);1H. The van der Waals surface area contributed by atoms with Crippen LogP contribution in [0.2, 0.25) is 0 Å². The summed E-state index contributed by atoms with van der Waals surface area (Å²) in [5.41, 5.74) is 1.23. The van der Waals surface area contributed by atoms with Gasteiger partial charge in [0.1, 0.15) is 5.82 Å². The van der Waals surface area contributed by atoms with Crippen molar-refractivity contribution in [2.45, 2.75) is 57.3 Å². The van der Waals surface area contributed by atoms with Gasteiger partial charge in [-0.1, -0.05) is 25.0 Å².